The van der Waals surface area contributed by atoms with Crippen LogP contribution >= 0.6 is 0 Å². The number of tetrazole rings is 1. The average Bonchev–Trinajstić information content (AvgIpc) is 3.23. The number of nitrogens with zero attached hydrogens (tertiary/aromatic N) is 5. The Morgan fingerprint density at radius 2 is 2.23 bits per heavy atom. The minimum absolute atomic E-state index is 0.0516. The van der Waals surface area contributed by atoms with Crippen LogP contribution in [0.5, 0.6) is 5.75 Å². The third-order valence-corrected chi connectivity index (χ3v) is 5.05. The molecular weight excluding hydrogens is 390 g/mol. The molecule has 30 heavy (non-hydrogen) atoms. The van der Waals surface area contributed by atoms with Gasteiger partial charge >= 0.3 is 0 Å². The van der Waals surface area contributed by atoms with E-state index in [1.165, 1.54) is 11.0 Å². The summed E-state index contributed by atoms with van der Waals surface area (Å²) in [4.78, 5) is 27.2. The lowest BCUT2D eigenvalue weighted by molar-refractivity contribution is -0.116. The van der Waals surface area contributed by atoms with Crippen LogP contribution < -0.4 is 15.4 Å². The zero-order chi connectivity index (χ0) is 21.7. The first-order valence-electron chi connectivity index (χ1n) is 9.80. The van der Waals surface area contributed by atoms with Crippen LogP contribution in [0.25, 0.3) is 0 Å². The summed E-state index contributed by atoms with van der Waals surface area (Å²) in [6.45, 7) is 4.68. The third kappa shape index (κ3) is 4.92. The molecule has 0 radical (unpaired) electrons. The lowest BCUT2D eigenvalue weighted by Crippen LogP contribution is -2.49. The SMILES string of the molecule is CNC[C@@H]1Oc2ccc(NC(=O)Cn3cnnn3)cc2C(=O)N([C@H](C)CO)C[C@H]1C. The second-order valence-electron chi connectivity index (χ2n) is 7.45. The van der Waals surface area contributed by atoms with E-state index in [1.807, 2.05) is 14.0 Å². The summed E-state index contributed by atoms with van der Waals surface area (Å²) in [7, 11) is 1.85. The van der Waals surface area contributed by atoms with Gasteiger partial charge in [0.1, 0.15) is 24.7 Å². The van der Waals surface area contributed by atoms with Crippen molar-refractivity contribution in [3.05, 3.63) is 30.1 Å². The number of hydrogen-bond donors (Lipinski definition) is 3. The van der Waals surface area contributed by atoms with Crippen LogP contribution in [0.4, 0.5) is 5.69 Å². The Labute approximate surface area is 174 Å². The average molecular weight is 417 g/mol. The largest absolute Gasteiger partial charge is 0.488 e. The molecule has 0 spiro atoms. The number of ether oxygens (including phenoxy) is 1. The summed E-state index contributed by atoms with van der Waals surface area (Å²) in [6, 6.07) is 4.62. The van der Waals surface area contributed by atoms with Crippen molar-refractivity contribution in [2.45, 2.75) is 32.5 Å². The van der Waals surface area contributed by atoms with E-state index in [9.17, 15) is 14.7 Å². The van der Waals surface area contributed by atoms with E-state index in [0.717, 1.165) is 0 Å². The Morgan fingerprint density at radius 1 is 1.43 bits per heavy atom. The third-order valence-electron chi connectivity index (χ3n) is 5.05. The molecule has 0 bridgehead atoms. The maximum atomic E-state index is 13.3. The number of carbonyl (C=O) groups is 2. The van der Waals surface area contributed by atoms with E-state index in [-0.39, 0.29) is 43.0 Å². The van der Waals surface area contributed by atoms with Gasteiger partial charge in [-0.05, 0) is 42.6 Å². The lowest BCUT2D eigenvalue weighted by atomic mass is 9.99. The van der Waals surface area contributed by atoms with Gasteiger partial charge < -0.3 is 25.4 Å². The van der Waals surface area contributed by atoms with E-state index < -0.39 is 0 Å². The number of rotatable bonds is 7. The molecule has 0 unspecified atom stereocenters. The highest BCUT2D eigenvalue weighted by molar-refractivity contribution is 5.99. The van der Waals surface area contributed by atoms with E-state index in [4.69, 9.17) is 4.74 Å². The molecule has 11 heteroatoms. The number of hydrogen-bond acceptors (Lipinski definition) is 8. The van der Waals surface area contributed by atoms with Crippen LogP contribution in [0.1, 0.15) is 24.2 Å². The van der Waals surface area contributed by atoms with Crippen LogP contribution in [0.3, 0.4) is 0 Å². The van der Waals surface area contributed by atoms with Gasteiger partial charge in [-0.2, -0.15) is 0 Å². The Morgan fingerprint density at radius 3 is 2.90 bits per heavy atom. The molecule has 2 amide bonds. The van der Waals surface area contributed by atoms with Crippen molar-refractivity contribution in [2.75, 3.05) is 32.1 Å². The van der Waals surface area contributed by atoms with Crippen LogP contribution in [-0.4, -0.2) is 80.9 Å². The number of carbonyl (C=O) groups excluding carboxylic acids is 2. The summed E-state index contributed by atoms with van der Waals surface area (Å²) in [5.74, 6) is -0.0822. The zero-order valence-electron chi connectivity index (χ0n) is 17.3. The Kier molecular flexibility index (Phi) is 6.95. The summed E-state index contributed by atoms with van der Waals surface area (Å²) in [6.07, 6.45) is 1.19. The quantitative estimate of drug-likeness (QED) is 0.561. The molecule has 11 nitrogen and oxygen atoms in total. The molecule has 162 valence electrons. The van der Waals surface area contributed by atoms with Crippen LogP contribution in [0.15, 0.2) is 24.5 Å². The monoisotopic (exact) mass is 417 g/mol. The Bertz CT molecular complexity index is 874. The fourth-order valence-corrected chi connectivity index (χ4v) is 3.35. The van der Waals surface area contributed by atoms with Crippen LogP contribution in [0.2, 0.25) is 0 Å². The molecule has 0 fully saturated rings. The highest BCUT2D eigenvalue weighted by Crippen LogP contribution is 2.30. The molecule has 3 N–H and O–H groups in total. The Balaban J connectivity index is 1.89. The number of likely N-dealkylation sites (N-methyl/N-ethyl adjacent to an activating group) is 1. The van der Waals surface area contributed by atoms with Gasteiger partial charge in [0, 0.05) is 24.7 Å². The van der Waals surface area contributed by atoms with Gasteiger partial charge in [-0.15, -0.1) is 5.10 Å². The highest BCUT2D eigenvalue weighted by atomic mass is 16.5. The lowest BCUT2D eigenvalue weighted by Gasteiger charge is -2.37. The number of aliphatic hydroxyl groups excluding tert-OH is 1. The van der Waals surface area contributed by atoms with Gasteiger partial charge in [0.15, 0.2) is 0 Å². The predicted octanol–water partition coefficient (Wildman–Crippen LogP) is -0.249. The Hall–Kier alpha value is -3.05. The maximum absolute atomic E-state index is 13.3. The van der Waals surface area contributed by atoms with E-state index in [0.29, 0.717) is 30.1 Å². The number of aliphatic hydroxyl groups is 1. The molecule has 1 aromatic carbocycles. The summed E-state index contributed by atoms with van der Waals surface area (Å²) >= 11 is 0. The van der Waals surface area contributed by atoms with Crippen molar-refractivity contribution in [1.29, 1.82) is 0 Å². The van der Waals surface area contributed by atoms with Gasteiger partial charge in [0.2, 0.25) is 5.91 Å². The number of aromatic nitrogens is 4. The molecule has 1 aliphatic rings. The maximum Gasteiger partial charge on any atom is 0.258 e. The molecule has 3 atom stereocenters. The first-order chi connectivity index (χ1) is 14.4. The van der Waals surface area contributed by atoms with Gasteiger partial charge in [-0.3, -0.25) is 9.59 Å². The van der Waals surface area contributed by atoms with Gasteiger partial charge in [0.05, 0.1) is 18.2 Å². The van der Waals surface area contributed by atoms with Crippen molar-refractivity contribution in [3.8, 4) is 5.75 Å². The number of nitrogens with one attached hydrogen (secondary N) is 2. The zero-order valence-corrected chi connectivity index (χ0v) is 17.3. The van der Waals surface area contributed by atoms with Crippen molar-refractivity contribution in [2.24, 2.45) is 5.92 Å². The summed E-state index contributed by atoms with van der Waals surface area (Å²) in [5, 5.41) is 26.2. The van der Waals surface area contributed by atoms with Crippen molar-refractivity contribution < 1.29 is 19.4 Å². The van der Waals surface area contributed by atoms with Crippen molar-refractivity contribution in [3.63, 3.8) is 0 Å². The predicted molar refractivity (Wildman–Crippen MR) is 108 cm³/mol. The number of amides is 2. The second-order valence-corrected chi connectivity index (χ2v) is 7.45. The molecule has 2 heterocycles. The number of benzene rings is 1. The second kappa shape index (κ2) is 9.63. The minimum atomic E-state index is -0.348. The molecule has 1 aliphatic heterocycles. The van der Waals surface area contributed by atoms with Crippen LogP contribution in [0, 0.1) is 5.92 Å². The summed E-state index contributed by atoms with van der Waals surface area (Å²) < 4.78 is 7.45. The standard InChI is InChI=1S/C19H27N7O4/c1-12-8-26(13(2)10-27)19(29)15-6-14(4-5-16(15)30-17(12)7-20-3)22-18(28)9-25-11-21-23-24-25/h4-6,11-13,17,20,27H,7-10H2,1-3H3,(H,22,28)/t12-,13-,17+/m1/s1. The molecule has 0 saturated heterocycles. The molecule has 3 rings (SSSR count). The smallest absolute Gasteiger partial charge is 0.258 e. The number of fused-ring (bicyclic) bond motifs is 1. The van der Waals surface area contributed by atoms with E-state index >= 15 is 0 Å². The highest BCUT2D eigenvalue weighted by Gasteiger charge is 2.32. The topological polar surface area (TPSA) is 134 Å². The van der Waals surface area contributed by atoms with Crippen molar-refractivity contribution in [1.82, 2.24) is 30.4 Å². The van der Waals surface area contributed by atoms with Gasteiger partial charge in [-0.25, -0.2) is 4.68 Å². The fourth-order valence-electron chi connectivity index (χ4n) is 3.35. The van der Waals surface area contributed by atoms with Crippen molar-refractivity contribution >= 4 is 17.5 Å². The van der Waals surface area contributed by atoms with E-state index in [2.05, 4.69) is 26.2 Å². The molecule has 0 saturated carbocycles. The summed E-state index contributed by atoms with van der Waals surface area (Å²) in [5.41, 5.74) is 0.794. The fraction of sp³-hybridized carbons (Fsp3) is 0.526. The minimum Gasteiger partial charge on any atom is -0.488 e. The molecular formula is C19H27N7O4. The molecule has 2 aromatic rings. The van der Waals surface area contributed by atoms with Gasteiger partial charge in [0.25, 0.3) is 5.91 Å². The van der Waals surface area contributed by atoms with E-state index in [1.54, 1.807) is 30.0 Å². The van der Waals surface area contributed by atoms with Gasteiger partial charge in [-0.1, -0.05) is 6.92 Å². The van der Waals surface area contributed by atoms with Crippen LogP contribution in [-0.2, 0) is 11.3 Å². The first kappa shape index (κ1) is 21.7. The number of anilines is 1. The first-order valence-corrected chi connectivity index (χ1v) is 9.80. The normalized spacial score (nSPS) is 20.0. The molecule has 0 aliphatic carbocycles. The molecule has 1 aromatic heterocycles.